The van der Waals surface area contributed by atoms with E-state index < -0.39 is 0 Å². The van der Waals surface area contributed by atoms with E-state index in [1.807, 2.05) is 6.07 Å². The normalized spacial score (nSPS) is 12.1. The van der Waals surface area contributed by atoms with Crippen molar-refractivity contribution in [1.82, 2.24) is 4.98 Å². The molecule has 0 bridgehead atoms. The Morgan fingerprint density at radius 3 is 2.57 bits per heavy atom. The van der Waals surface area contributed by atoms with Crippen LogP contribution in [0.3, 0.4) is 0 Å². The van der Waals surface area contributed by atoms with Crippen molar-refractivity contribution in [3.05, 3.63) is 27.8 Å². The minimum atomic E-state index is -0.0565. The maximum Gasteiger partial charge on any atom is 0.229 e. The second-order valence-corrected chi connectivity index (χ2v) is 9.21. The number of carbonyl (C=O) groups is 1. The highest BCUT2D eigenvalue weighted by atomic mass is 32.2. The molecule has 2 aromatic heterocycles. The van der Waals surface area contributed by atoms with Crippen LogP contribution in [-0.4, -0.2) is 14.8 Å². The summed E-state index contributed by atoms with van der Waals surface area (Å²) >= 11 is 2.91. The molecule has 0 aliphatic carbocycles. The Hall–Kier alpha value is -0.870. The predicted octanol–water partition coefficient (Wildman–Crippen LogP) is 5.54. The van der Waals surface area contributed by atoms with E-state index in [-0.39, 0.29) is 9.86 Å². The van der Waals surface area contributed by atoms with E-state index >= 15 is 0 Å². The van der Waals surface area contributed by atoms with E-state index in [9.17, 15) is 4.79 Å². The second kappa shape index (κ2) is 6.09. The van der Waals surface area contributed by atoms with Crippen LogP contribution in [0.5, 0.6) is 0 Å². The third-order valence-electron chi connectivity index (χ3n) is 3.38. The van der Waals surface area contributed by atoms with E-state index in [0.717, 1.165) is 33.6 Å². The number of aromatic nitrogens is 1. The van der Waals surface area contributed by atoms with Crippen molar-refractivity contribution in [3.63, 3.8) is 0 Å². The lowest BCUT2D eigenvalue weighted by atomic mass is 10.0. The van der Waals surface area contributed by atoms with Gasteiger partial charge < -0.3 is 0 Å². The van der Waals surface area contributed by atoms with Crippen LogP contribution in [0.1, 0.15) is 60.6 Å². The number of aryl methyl sites for hydroxylation is 2. The summed E-state index contributed by atoms with van der Waals surface area (Å²) in [6, 6.07) is 2.03. The van der Waals surface area contributed by atoms with Crippen molar-refractivity contribution < 1.29 is 4.79 Å². The van der Waals surface area contributed by atoms with Gasteiger partial charge in [-0.1, -0.05) is 45.9 Å². The van der Waals surface area contributed by atoms with Gasteiger partial charge in [-0.05, 0) is 37.5 Å². The molecule has 2 heterocycles. The minimum absolute atomic E-state index is 0.0565. The largest absolute Gasteiger partial charge is 0.281 e. The molecule has 21 heavy (non-hydrogen) atoms. The number of carbonyl (C=O) groups excluding carboxylic acids is 1. The van der Waals surface area contributed by atoms with Crippen LogP contribution < -0.4 is 0 Å². The Morgan fingerprint density at radius 2 is 2.00 bits per heavy atom. The highest BCUT2D eigenvalue weighted by Crippen LogP contribution is 2.35. The van der Waals surface area contributed by atoms with Gasteiger partial charge in [0.25, 0.3) is 0 Å². The van der Waals surface area contributed by atoms with Crippen molar-refractivity contribution in [2.45, 2.75) is 59.1 Å². The van der Waals surface area contributed by atoms with Crippen LogP contribution in [0.25, 0.3) is 10.2 Å². The lowest BCUT2D eigenvalue weighted by Gasteiger charge is -2.14. The van der Waals surface area contributed by atoms with E-state index in [0.29, 0.717) is 0 Å². The van der Waals surface area contributed by atoms with Gasteiger partial charge >= 0.3 is 0 Å². The van der Waals surface area contributed by atoms with Crippen molar-refractivity contribution in [3.8, 4) is 0 Å². The lowest BCUT2D eigenvalue weighted by Crippen LogP contribution is -2.11. The van der Waals surface area contributed by atoms with Gasteiger partial charge in [0.2, 0.25) is 5.12 Å². The zero-order valence-electron chi connectivity index (χ0n) is 13.7. The van der Waals surface area contributed by atoms with Crippen LogP contribution >= 0.6 is 23.1 Å². The number of nitrogens with zero attached hydrogens (tertiary/aromatic N) is 1. The highest BCUT2D eigenvalue weighted by molar-refractivity contribution is 8.15. The molecule has 114 valence electrons. The standard InChI is InChI=1S/C17H23NOS2/c1-7-8-12-10(2)13-9-14(16(19)21-17(4,5)6)20-15(13)18-11(12)3/h9H,7-8H2,1-6H3. The Balaban J connectivity index is 2.47. The molecule has 2 nitrogen and oxygen atoms in total. The zero-order chi connectivity index (χ0) is 15.8. The van der Waals surface area contributed by atoms with Crippen LogP contribution in [0.15, 0.2) is 6.07 Å². The van der Waals surface area contributed by atoms with Crippen LogP contribution in [-0.2, 0) is 6.42 Å². The molecule has 2 rings (SSSR count). The van der Waals surface area contributed by atoms with Gasteiger partial charge in [-0.3, -0.25) is 4.79 Å². The molecule has 0 amide bonds. The third-order valence-corrected chi connectivity index (χ3v) is 5.55. The fraction of sp³-hybridized carbons (Fsp3) is 0.529. The molecule has 4 heteroatoms. The molecule has 0 spiro atoms. The number of hydrogen-bond acceptors (Lipinski definition) is 4. The molecule has 0 saturated heterocycles. The van der Waals surface area contributed by atoms with Crippen LogP contribution in [0, 0.1) is 13.8 Å². The molecule has 0 radical (unpaired) electrons. The molecule has 2 aromatic rings. The molecule has 0 fully saturated rings. The van der Waals surface area contributed by atoms with Crippen molar-refractivity contribution >= 4 is 38.4 Å². The SMILES string of the molecule is CCCc1c(C)nc2sc(C(=O)SC(C)(C)C)cc2c1C. The second-order valence-electron chi connectivity index (χ2n) is 6.38. The smallest absolute Gasteiger partial charge is 0.229 e. The van der Waals surface area contributed by atoms with Gasteiger partial charge in [-0.2, -0.15) is 0 Å². The van der Waals surface area contributed by atoms with E-state index in [1.165, 1.54) is 34.2 Å². The average Bonchev–Trinajstić information content (AvgIpc) is 2.76. The quantitative estimate of drug-likeness (QED) is 0.743. The van der Waals surface area contributed by atoms with E-state index in [2.05, 4.69) is 41.5 Å². The minimum Gasteiger partial charge on any atom is -0.281 e. The van der Waals surface area contributed by atoms with E-state index in [4.69, 9.17) is 4.98 Å². The fourth-order valence-electron chi connectivity index (χ4n) is 2.43. The van der Waals surface area contributed by atoms with Gasteiger partial charge in [-0.15, -0.1) is 11.3 Å². The molecule has 0 atom stereocenters. The first-order valence-corrected chi connectivity index (χ1v) is 8.99. The molecule has 0 aliphatic rings. The number of hydrogen-bond donors (Lipinski definition) is 0. The summed E-state index contributed by atoms with van der Waals surface area (Å²) in [6.45, 7) is 12.6. The third kappa shape index (κ3) is 3.67. The summed E-state index contributed by atoms with van der Waals surface area (Å²) in [6.07, 6.45) is 2.17. The fourth-order valence-corrected chi connectivity index (χ4v) is 4.37. The molecule has 0 aliphatic heterocycles. The van der Waals surface area contributed by atoms with E-state index in [1.54, 1.807) is 0 Å². The van der Waals surface area contributed by atoms with Crippen molar-refractivity contribution in [1.29, 1.82) is 0 Å². The van der Waals surface area contributed by atoms with Gasteiger partial charge in [-0.25, -0.2) is 4.98 Å². The zero-order valence-corrected chi connectivity index (χ0v) is 15.3. The Morgan fingerprint density at radius 1 is 1.33 bits per heavy atom. The number of thioether (sulfide) groups is 1. The van der Waals surface area contributed by atoms with Crippen LogP contribution in [0.2, 0.25) is 0 Å². The number of pyridine rings is 1. The summed E-state index contributed by atoms with van der Waals surface area (Å²) in [5.41, 5.74) is 3.73. The summed E-state index contributed by atoms with van der Waals surface area (Å²) in [5, 5.41) is 1.30. The van der Waals surface area contributed by atoms with Crippen molar-refractivity contribution in [2.75, 3.05) is 0 Å². The van der Waals surface area contributed by atoms with Gasteiger partial charge in [0.1, 0.15) is 4.83 Å². The first-order chi connectivity index (χ1) is 9.73. The number of rotatable bonds is 3. The molecule has 0 N–H and O–H groups in total. The lowest BCUT2D eigenvalue weighted by molar-refractivity contribution is 0.109. The number of fused-ring (bicyclic) bond motifs is 1. The summed E-state index contributed by atoms with van der Waals surface area (Å²) < 4.78 is -0.0565. The van der Waals surface area contributed by atoms with Gasteiger partial charge in [0.15, 0.2) is 0 Å². The molecular weight excluding hydrogens is 298 g/mol. The maximum atomic E-state index is 12.4. The summed E-state index contributed by atoms with van der Waals surface area (Å²) in [4.78, 5) is 18.9. The number of thiophene rings is 1. The topological polar surface area (TPSA) is 30.0 Å². The molecular formula is C17H23NOS2. The Labute approximate surface area is 135 Å². The highest BCUT2D eigenvalue weighted by Gasteiger charge is 2.21. The monoisotopic (exact) mass is 321 g/mol. The Bertz CT molecular complexity index is 680. The Kier molecular flexibility index (Phi) is 4.79. The summed E-state index contributed by atoms with van der Waals surface area (Å²) in [7, 11) is 0. The average molecular weight is 322 g/mol. The maximum absolute atomic E-state index is 12.4. The predicted molar refractivity (Wildman–Crippen MR) is 94.8 cm³/mol. The van der Waals surface area contributed by atoms with Crippen LogP contribution in [0.4, 0.5) is 0 Å². The molecule has 0 aromatic carbocycles. The van der Waals surface area contributed by atoms with Gasteiger partial charge in [0, 0.05) is 15.8 Å². The molecule has 0 unspecified atom stereocenters. The summed E-state index contributed by atoms with van der Waals surface area (Å²) in [5.74, 6) is 0. The first kappa shape index (κ1) is 16.5. The van der Waals surface area contributed by atoms with Crippen molar-refractivity contribution in [2.24, 2.45) is 0 Å². The first-order valence-electron chi connectivity index (χ1n) is 7.36. The molecule has 0 saturated carbocycles. The van der Waals surface area contributed by atoms with Gasteiger partial charge in [0.05, 0.1) is 4.88 Å².